The van der Waals surface area contributed by atoms with E-state index in [4.69, 9.17) is 0 Å². The first-order valence-electron chi connectivity index (χ1n) is 8.95. The highest BCUT2D eigenvalue weighted by Crippen LogP contribution is 2.28. The van der Waals surface area contributed by atoms with Crippen LogP contribution >= 0.6 is 0 Å². The van der Waals surface area contributed by atoms with Crippen LogP contribution in [0.15, 0.2) is 42.5 Å². The molecule has 0 saturated carbocycles. The number of allylic oxidation sites excluding steroid dienone is 1. The Hall–Kier alpha value is -1.56. The van der Waals surface area contributed by atoms with Crippen molar-refractivity contribution in [3.63, 3.8) is 0 Å². The van der Waals surface area contributed by atoms with Gasteiger partial charge in [-0.25, -0.2) is 0 Å². The highest BCUT2D eigenvalue weighted by atomic mass is 14.1. The maximum atomic E-state index is 2.35. The van der Waals surface area contributed by atoms with Crippen molar-refractivity contribution in [3.8, 4) is 0 Å². The van der Waals surface area contributed by atoms with Crippen molar-refractivity contribution in [2.24, 2.45) is 5.92 Å². The average Bonchev–Trinajstić information content (AvgIpc) is 2.75. The molecule has 0 fully saturated rings. The summed E-state index contributed by atoms with van der Waals surface area (Å²) in [5.41, 5.74) is 2.93. The average molecular weight is 294 g/mol. The van der Waals surface area contributed by atoms with Gasteiger partial charge in [0, 0.05) is 0 Å². The molecule has 0 aliphatic heterocycles. The van der Waals surface area contributed by atoms with Gasteiger partial charge < -0.3 is 0 Å². The molecular formula is C22H30. The summed E-state index contributed by atoms with van der Waals surface area (Å²) >= 11 is 0. The molecule has 0 amide bonds. The summed E-state index contributed by atoms with van der Waals surface area (Å²) in [6, 6.07) is 13.2. The maximum absolute atomic E-state index is 2.35. The molecule has 1 aliphatic rings. The molecule has 0 spiro atoms. The van der Waals surface area contributed by atoms with Crippen molar-refractivity contribution < 1.29 is 0 Å². The molecule has 0 nitrogen and oxygen atoms in total. The van der Waals surface area contributed by atoms with E-state index in [1.54, 1.807) is 0 Å². The number of unbranched alkanes of at least 4 members (excludes halogenated alkanes) is 3. The molecule has 22 heavy (non-hydrogen) atoms. The van der Waals surface area contributed by atoms with Crippen LogP contribution in [-0.4, -0.2) is 0 Å². The zero-order valence-corrected chi connectivity index (χ0v) is 14.4. The van der Waals surface area contributed by atoms with Crippen molar-refractivity contribution >= 4 is 16.8 Å². The van der Waals surface area contributed by atoms with Crippen LogP contribution < -0.4 is 0 Å². The van der Waals surface area contributed by atoms with E-state index < -0.39 is 0 Å². The Morgan fingerprint density at radius 3 is 2.41 bits per heavy atom. The molecule has 1 unspecified atom stereocenters. The SMILES string of the molecule is CC1C=Cc2c(ccc3ccccc23)CC1.CCCCCC. The zero-order chi connectivity index (χ0) is 15.8. The molecule has 0 heteroatoms. The minimum absolute atomic E-state index is 0.700. The highest BCUT2D eigenvalue weighted by Gasteiger charge is 2.10. The largest absolute Gasteiger partial charge is 0.0811 e. The van der Waals surface area contributed by atoms with Crippen molar-refractivity contribution in [2.75, 3.05) is 0 Å². The second kappa shape index (κ2) is 8.78. The summed E-state index contributed by atoms with van der Waals surface area (Å²) in [6.45, 7) is 6.76. The molecule has 2 aromatic rings. The van der Waals surface area contributed by atoms with E-state index in [1.807, 2.05) is 0 Å². The Morgan fingerprint density at radius 2 is 1.68 bits per heavy atom. The number of aryl methyl sites for hydroxylation is 1. The van der Waals surface area contributed by atoms with Gasteiger partial charge in [0.05, 0.1) is 0 Å². The number of benzene rings is 2. The van der Waals surface area contributed by atoms with Gasteiger partial charge in [0.2, 0.25) is 0 Å². The maximum Gasteiger partial charge on any atom is -0.0109 e. The van der Waals surface area contributed by atoms with Crippen molar-refractivity contribution in [1.82, 2.24) is 0 Å². The zero-order valence-electron chi connectivity index (χ0n) is 14.4. The summed E-state index contributed by atoms with van der Waals surface area (Å²) in [4.78, 5) is 0. The fraction of sp³-hybridized carbons (Fsp3) is 0.455. The normalized spacial score (nSPS) is 16.6. The molecule has 0 bridgehead atoms. The topological polar surface area (TPSA) is 0 Å². The number of fused-ring (bicyclic) bond motifs is 3. The molecule has 2 aromatic carbocycles. The lowest BCUT2D eigenvalue weighted by Gasteiger charge is -2.08. The van der Waals surface area contributed by atoms with Gasteiger partial charge in [0.25, 0.3) is 0 Å². The van der Waals surface area contributed by atoms with Crippen molar-refractivity contribution in [2.45, 2.75) is 59.3 Å². The molecule has 0 saturated heterocycles. The van der Waals surface area contributed by atoms with Crippen LogP contribution in [0.4, 0.5) is 0 Å². The fourth-order valence-corrected chi connectivity index (χ4v) is 3.00. The van der Waals surface area contributed by atoms with Crippen LogP contribution in [0.2, 0.25) is 0 Å². The minimum Gasteiger partial charge on any atom is -0.0811 e. The molecule has 3 rings (SSSR count). The van der Waals surface area contributed by atoms with E-state index in [9.17, 15) is 0 Å². The van der Waals surface area contributed by atoms with Crippen LogP contribution in [0.3, 0.4) is 0 Å². The van der Waals surface area contributed by atoms with Gasteiger partial charge in [0.15, 0.2) is 0 Å². The van der Waals surface area contributed by atoms with Gasteiger partial charge in [-0.15, -0.1) is 0 Å². The molecular weight excluding hydrogens is 264 g/mol. The van der Waals surface area contributed by atoms with Gasteiger partial charge in [-0.05, 0) is 40.7 Å². The molecule has 0 N–H and O–H groups in total. The molecule has 1 atom stereocenters. The monoisotopic (exact) mass is 294 g/mol. The van der Waals surface area contributed by atoms with E-state index in [0.717, 1.165) is 0 Å². The van der Waals surface area contributed by atoms with E-state index in [-0.39, 0.29) is 0 Å². The Kier molecular flexibility index (Phi) is 6.71. The van der Waals surface area contributed by atoms with Gasteiger partial charge in [-0.2, -0.15) is 0 Å². The number of hydrogen-bond acceptors (Lipinski definition) is 0. The van der Waals surface area contributed by atoms with Gasteiger partial charge >= 0.3 is 0 Å². The van der Waals surface area contributed by atoms with E-state index in [2.05, 4.69) is 69.3 Å². The molecule has 118 valence electrons. The Balaban J connectivity index is 0.000000254. The van der Waals surface area contributed by atoms with Crippen molar-refractivity contribution in [3.05, 3.63) is 53.6 Å². The standard InChI is InChI=1S/C16H16.C6H14/c1-12-6-8-14-10-9-13-4-2-3-5-15(13)16(14)11-7-12;1-3-5-6-4-2/h2-5,7,9-12H,6,8H2,1H3;3-6H2,1-2H3. The van der Waals surface area contributed by atoms with Crippen LogP contribution in [0, 0.1) is 5.92 Å². The van der Waals surface area contributed by atoms with Crippen LogP contribution in [-0.2, 0) is 6.42 Å². The first-order valence-corrected chi connectivity index (χ1v) is 8.95. The van der Waals surface area contributed by atoms with Gasteiger partial charge in [-0.1, -0.05) is 95.0 Å². The summed E-state index contributed by atoms with van der Waals surface area (Å²) in [6.07, 6.45) is 12.7. The molecule has 0 heterocycles. The predicted molar refractivity (Wildman–Crippen MR) is 100 cm³/mol. The van der Waals surface area contributed by atoms with Crippen LogP contribution in [0.1, 0.15) is 64.0 Å². The second-order valence-electron chi connectivity index (χ2n) is 6.44. The van der Waals surface area contributed by atoms with E-state index >= 15 is 0 Å². The van der Waals surface area contributed by atoms with Crippen LogP contribution in [0.25, 0.3) is 16.8 Å². The lowest BCUT2D eigenvalue weighted by molar-refractivity contribution is 0.655. The molecule has 1 aliphatic carbocycles. The fourth-order valence-electron chi connectivity index (χ4n) is 3.00. The smallest absolute Gasteiger partial charge is 0.0109 e. The van der Waals surface area contributed by atoms with Crippen LogP contribution in [0.5, 0.6) is 0 Å². The Bertz CT molecular complexity index is 602. The first kappa shape index (κ1) is 16.8. The third kappa shape index (κ3) is 4.47. The molecule has 0 radical (unpaired) electrons. The highest BCUT2D eigenvalue weighted by molar-refractivity contribution is 5.92. The van der Waals surface area contributed by atoms with E-state index in [1.165, 1.54) is 60.4 Å². The third-order valence-electron chi connectivity index (χ3n) is 4.48. The lowest BCUT2D eigenvalue weighted by Crippen LogP contribution is -1.92. The van der Waals surface area contributed by atoms with E-state index in [0.29, 0.717) is 5.92 Å². The Labute approximate surface area is 136 Å². The van der Waals surface area contributed by atoms with Crippen molar-refractivity contribution in [1.29, 1.82) is 0 Å². The summed E-state index contributed by atoms with van der Waals surface area (Å²) in [7, 11) is 0. The quantitative estimate of drug-likeness (QED) is 0.533. The summed E-state index contributed by atoms with van der Waals surface area (Å²) in [5.74, 6) is 0.700. The summed E-state index contributed by atoms with van der Waals surface area (Å²) in [5, 5.41) is 2.74. The minimum atomic E-state index is 0.700. The third-order valence-corrected chi connectivity index (χ3v) is 4.48. The van der Waals surface area contributed by atoms with Gasteiger partial charge in [0.1, 0.15) is 0 Å². The predicted octanol–water partition coefficient (Wildman–Crippen LogP) is 7.02. The summed E-state index contributed by atoms with van der Waals surface area (Å²) < 4.78 is 0. The lowest BCUT2D eigenvalue weighted by atomic mass is 9.97. The Morgan fingerprint density at radius 1 is 0.955 bits per heavy atom. The number of rotatable bonds is 3. The second-order valence-corrected chi connectivity index (χ2v) is 6.44. The number of hydrogen-bond donors (Lipinski definition) is 0. The van der Waals surface area contributed by atoms with Gasteiger partial charge in [-0.3, -0.25) is 0 Å². The first-order chi connectivity index (χ1) is 10.8. The molecule has 0 aromatic heterocycles.